The minimum absolute atomic E-state index is 0.0624. The monoisotopic (exact) mass is 286 g/mol. The van der Waals surface area contributed by atoms with E-state index in [0.717, 1.165) is 0 Å². The predicted molar refractivity (Wildman–Crippen MR) is 71.9 cm³/mol. The number of hydrogen-bond donors (Lipinski definition) is 0. The third-order valence-corrected chi connectivity index (χ3v) is 2.15. The van der Waals surface area contributed by atoms with Crippen LogP contribution in [0, 0.1) is 12.3 Å². The fourth-order valence-electron chi connectivity index (χ4n) is 1.27. The Bertz CT molecular complexity index is 315. The van der Waals surface area contributed by atoms with E-state index in [4.69, 9.17) is 25.4 Å². The lowest BCUT2D eigenvalue weighted by Crippen LogP contribution is -2.38. The maximum absolute atomic E-state index is 11.6. The van der Waals surface area contributed by atoms with Gasteiger partial charge in [0.2, 0.25) is 0 Å². The van der Waals surface area contributed by atoms with E-state index in [1.807, 2.05) is 0 Å². The van der Waals surface area contributed by atoms with Gasteiger partial charge in [-0.15, -0.1) is 12.3 Å². The molecule has 0 aliphatic carbocycles. The van der Waals surface area contributed by atoms with Gasteiger partial charge in [-0.25, -0.2) is 9.59 Å². The number of rotatable bonds is 10. The van der Waals surface area contributed by atoms with Crippen LogP contribution in [0.2, 0.25) is 0 Å². The number of terminal acetylenes is 1. The van der Waals surface area contributed by atoms with Crippen LogP contribution in [-0.4, -0.2) is 50.6 Å². The SMILES string of the molecule is C#CCCOC(C)COC(C(=O)OCC)C(=O)OCC. The second kappa shape index (κ2) is 11.3. The van der Waals surface area contributed by atoms with Gasteiger partial charge in [0, 0.05) is 6.42 Å². The molecule has 1 atom stereocenters. The molecule has 0 rings (SSSR count). The zero-order valence-corrected chi connectivity index (χ0v) is 12.2. The van der Waals surface area contributed by atoms with Crippen molar-refractivity contribution in [2.24, 2.45) is 0 Å². The summed E-state index contributed by atoms with van der Waals surface area (Å²) in [5.41, 5.74) is 0. The number of ether oxygens (including phenoxy) is 4. The third-order valence-electron chi connectivity index (χ3n) is 2.15. The molecule has 0 radical (unpaired) electrons. The quantitative estimate of drug-likeness (QED) is 0.257. The van der Waals surface area contributed by atoms with E-state index >= 15 is 0 Å². The minimum atomic E-state index is -1.38. The van der Waals surface area contributed by atoms with Crippen molar-refractivity contribution in [3.63, 3.8) is 0 Å². The second-order valence-electron chi connectivity index (χ2n) is 3.85. The van der Waals surface area contributed by atoms with Crippen molar-refractivity contribution in [1.29, 1.82) is 0 Å². The molecule has 0 amide bonds. The molecule has 6 heteroatoms. The Kier molecular flexibility index (Phi) is 10.4. The summed E-state index contributed by atoms with van der Waals surface area (Å²) in [6.07, 6.45) is 3.91. The highest BCUT2D eigenvalue weighted by Crippen LogP contribution is 2.03. The van der Waals surface area contributed by atoms with Crippen LogP contribution in [0.4, 0.5) is 0 Å². The first-order chi connectivity index (χ1) is 9.56. The van der Waals surface area contributed by atoms with E-state index in [0.29, 0.717) is 13.0 Å². The third kappa shape index (κ3) is 7.77. The molecule has 0 aliphatic rings. The molecule has 0 aromatic heterocycles. The van der Waals surface area contributed by atoms with Gasteiger partial charge < -0.3 is 18.9 Å². The maximum Gasteiger partial charge on any atom is 0.347 e. The van der Waals surface area contributed by atoms with Crippen LogP contribution in [0.15, 0.2) is 0 Å². The van der Waals surface area contributed by atoms with Gasteiger partial charge in [-0.05, 0) is 20.8 Å². The van der Waals surface area contributed by atoms with Crippen LogP contribution in [0.1, 0.15) is 27.2 Å². The van der Waals surface area contributed by atoms with Crippen LogP contribution < -0.4 is 0 Å². The fourth-order valence-corrected chi connectivity index (χ4v) is 1.27. The van der Waals surface area contributed by atoms with E-state index in [1.165, 1.54) is 0 Å². The molecule has 6 nitrogen and oxygen atoms in total. The van der Waals surface area contributed by atoms with Crippen LogP contribution in [0.3, 0.4) is 0 Å². The second-order valence-corrected chi connectivity index (χ2v) is 3.85. The lowest BCUT2D eigenvalue weighted by Gasteiger charge is -2.18. The Morgan fingerprint density at radius 1 is 1.10 bits per heavy atom. The van der Waals surface area contributed by atoms with Gasteiger partial charge in [0.1, 0.15) is 0 Å². The van der Waals surface area contributed by atoms with Crippen molar-refractivity contribution in [3.05, 3.63) is 0 Å². The molecule has 0 aromatic rings. The summed E-state index contributed by atoms with van der Waals surface area (Å²) in [6.45, 7) is 5.82. The summed E-state index contributed by atoms with van der Waals surface area (Å²) >= 11 is 0. The lowest BCUT2D eigenvalue weighted by atomic mass is 10.3. The lowest BCUT2D eigenvalue weighted by molar-refractivity contribution is -0.175. The highest BCUT2D eigenvalue weighted by atomic mass is 16.6. The van der Waals surface area contributed by atoms with Crippen molar-refractivity contribution in [2.75, 3.05) is 26.4 Å². The summed E-state index contributed by atoms with van der Waals surface area (Å²) in [7, 11) is 0. The van der Waals surface area contributed by atoms with Crippen molar-refractivity contribution >= 4 is 11.9 Å². The van der Waals surface area contributed by atoms with Crippen LogP contribution in [-0.2, 0) is 28.5 Å². The summed E-state index contributed by atoms with van der Waals surface area (Å²) in [5, 5.41) is 0. The molecule has 0 bridgehead atoms. The fraction of sp³-hybridized carbons (Fsp3) is 0.714. The molecule has 0 heterocycles. The number of hydrogen-bond acceptors (Lipinski definition) is 6. The van der Waals surface area contributed by atoms with Crippen LogP contribution in [0.25, 0.3) is 0 Å². The van der Waals surface area contributed by atoms with Gasteiger partial charge in [-0.1, -0.05) is 0 Å². The zero-order chi connectivity index (χ0) is 15.4. The Morgan fingerprint density at radius 2 is 1.65 bits per heavy atom. The van der Waals surface area contributed by atoms with Gasteiger partial charge in [-0.2, -0.15) is 0 Å². The minimum Gasteiger partial charge on any atom is -0.464 e. The van der Waals surface area contributed by atoms with Gasteiger partial charge in [0.05, 0.1) is 32.5 Å². The van der Waals surface area contributed by atoms with Crippen LogP contribution in [0.5, 0.6) is 0 Å². The van der Waals surface area contributed by atoms with Gasteiger partial charge >= 0.3 is 11.9 Å². The zero-order valence-electron chi connectivity index (χ0n) is 12.2. The number of esters is 2. The van der Waals surface area contributed by atoms with Crippen molar-refractivity contribution < 1.29 is 28.5 Å². The molecule has 114 valence electrons. The average Bonchev–Trinajstić information content (AvgIpc) is 2.40. The molecule has 0 aromatic carbocycles. The molecule has 0 fully saturated rings. The van der Waals surface area contributed by atoms with Gasteiger partial charge in [0.25, 0.3) is 6.10 Å². The first-order valence-electron chi connectivity index (χ1n) is 6.56. The van der Waals surface area contributed by atoms with E-state index < -0.39 is 18.0 Å². The Balaban J connectivity index is 4.31. The first kappa shape index (κ1) is 18.4. The first-order valence-corrected chi connectivity index (χ1v) is 6.56. The Morgan fingerprint density at radius 3 is 2.10 bits per heavy atom. The van der Waals surface area contributed by atoms with Crippen molar-refractivity contribution in [3.8, 4) is 12.3 Å². The summed E-state index contributed by atoms with van der Waals surface area (Å²) < 4.78 is 20.1. The molecule has 0 saturated carbocycles. The van der Waals surface area contributed by atoms with Crippen molar-refractivity contribution in [1.82, 2.24) is 0 Å². The van der Waals surface area contributed by atoms with E-state index in [2.05, 4.69) is 5.92 Å². The molecular formula is C14H22O6. The summed E-state index contributed by atoms with van der Waals surface area (Å²) in [5.74, 6) is 0.919. The number of carbonyl (C=O) groups excluding carboxylic acids is 2. The Hall–Kier alpha value is -1.58. The maximum atomic E-state index is 11.6. The molecule has 20 heavy (non-hydrogen) atoms. The molecule has 0 aliphatic heterocycles. The molecule has 0 saturated heterocycles. The molecular weight excluding hydrogens is 264 g/mol. The molecule has 1 unspecified atom stereocenters. The van der Waals surface area contributed by atoms with Crippen molar-refractivity contribution in [2.45, 2.75) is 39.4 Å². The summed E-state index contributed by atoms with van der Waals surface area (Å²) in [4.78, 5) is 23.2. The van der Waals surface area contributed by atoms with Crippen LogP contribution >= 0.6 is 0 Å². The summed E-state index contributed by atoms with van der Waals surface area (Å²) in [6, 6.07) is 0. The highest BCUT2D eigenvalue weighted by molar-refractivity contribution is 5.98. The highest BCUT2D eigenvalue weighted by Gasteiger charge is 2.31. The molecule has 0 spiro atoms. The smallest absolute Gasteiger partial charge is 0.347 e. The standard InChI is InChI=1S/C14H22O6/c1-5-8-9-19-11(4)10-20-12(13(15)17-6-2)14(16)18-7-3/h1,11-12H,6-10H2,2-4H3. The normalized spacial score (nSPS) is 11.8. The van der Waals surface area contributed by atoms with E-state index in [1.54, 1.807) is 20.8 Å². The largest absolute Gasteiger partial charge is 0.464 e. The topological polar surface area (TPSA) is 71.1 Å². The van der Waals surface area contributed by atoms with Gasteiger partial charge in [-0.3, -0.25) is 0 Å². The van der Waals surface area contributed by atoms with E-state index in [-0.39, 0.29) is 25.9 Å². The Labute approximate surface area is 119 Å². The van der Waals surface area contributed by atoms with Gasteiger partial charge in [0.15, 0.2) is 0 Å². The molecule has 0 N–H and O–H groups in total. The number of carbonyl (C=O) groups is 2. The average molecular weight is 286 g/mol. The predicted octanol–water partition coefficient (Wildman–Crippen LogP) is 0.926. The van der Waals surface area contributed by atoms with E-state index in [9.17, 15) is 9.59 Å².